The molecule has 110 valence electrons. The molecule has 1 aliphatic heterocycles. The van der Waals surface area contributed by atoms with Crippen LogP contribution in [0.25, 0.3) is 0 Å². The van der Waals surface area contributed by atoms with Gasteiger partial charge >= 0.3 is 0 Å². The van der Waals surface area contributed by atoms with Crippen molar-refractivity contribution in [3.05, 3.63) is 0 Å². The molecule has 0 radical (unpaired) electrons. The first-order chi connectivity index (χ1) is 9.29. The highest BCUT2D eigenvalue weighted by molar-refractivity contribution is 7.99. The van der Waals surface area contributed by atoms with Crippen LogP contribution in [0.15, 0.2) is 0 Å². The zero-order valence-electron chi connectivity index (χ0n) is 12.1. The lowest BCUT2D eigenvalue weighted by atomic mass is 9.94. The van der Waals surface area contributed by atoms with E-state index in [1.807, 2.05) is 11.8 Å². The highest BCUT2D eigenvalue weighted by Gasteiger charge is 2.28. The van der Waals surface area contributed by atoms with Crippen molar-refractivity contribution < 1.29 is 4.79 Å². The average molecular weight is 284 g/mol. The van der Waals surface area contributed by atoms with Crippen molar-refractivity contribution in [1.29, 1.82) is 0 Å². The van der Waals surface area contributed by atoms with Gasteiger partial charge in [0.2, 0.25) is 5.91 Å². The number of amides is 1. The standard InChI is InChI=1S/C15H28N2OS/c1-2-19-14-7-3-6-13(14)17-15(18)9-8-12-5-4-10-16-11-12/h12-14,16H,2-11H2,1H3,(H,17,18). The number of rotatable bonds is 6. The Bertz CT molecular complexity index is 279. The first-order valence-corrected chi connectivity index (χ1v) is 8.96. The van der Waals surface area contributed by atoms with Gasteiger partial charge in [-0.2, -0.15) is 11.8 Å². The maximum Gasteiger partial charge on any atom is 0.220 e. The van der Waals surface area contributed by atoms with Gasteiger partial charge in [0.05, 0.1) is 0 Å². The summed E-state index contributed by atoms with van der Waals surface area (Å²) in [5, 5.41) is 7.35. The molecule has 1 saturated carbocycles. The summed E-state index contributed by atoms with van der Waals surface area (Å²) in [6.45, 7) is 4.46. The van der Waals surface area contributed by atoms with Gasteiger partial charge in [0.25, 0.3) is 0 Å². The molecule has 19 heavy (non-hydrogen) atoms. The van der Waals surface area contributed by atoms with Gasteiger partial charge in [0.1, 0.15) is 0 Å². The quantitative estimate of drug-likeness (QED) is 0.787. The Morgan fingerprint density at radius 3 is 2.95 bits per heavy atom. The molecule has 2 aliphatic rings. The van der Waals surface area contributed by atoms with Crippen LogP contribution < -0.4 is 10.6 Å². The minimum absolute atomic E-state index is 0.277. The average Bonchev–Trinajstić information content (AvgIpc) is 2.85. The van der Waals surface area contributed by atoms with Crippen LogP contribution in [0.5, 0.6) is 0 Å². The molecule has 3 nitrogen and oxygen atoms in total. The Morgan fingerprint density at radius 1 is 1.32 bits per heavy atom. The van der Waals surface area contributed by atoms with Crippen LogP contribution >= 0.6 is 11.8 Å². The van der Waals surface area contributed by atoms with Crippen LogP contribution in [0.4, 0.5) is 0 Å². The summed E-state index contributed by atoms with van der Waals surface area (Å²) in [5.74, 6) is 2.15. The molecule has 2 N–H and O–H groups in total. The van der Waals surface area contributed by atoms with Crippen molar-refractivity contribution in [3.8, 4) is 0 Å². The van der Waals surface area contributed by atoms with Crippen LogP contribution in [0.2, 0.25) is 0 Å². The fraction of sp³-hybridized carbons (Fsp3) is 0.933. The van der Waals surface area contributed by atoms with Gasteiger partial charge < -0.3 is 10.6 Å². The Morgan fingerprint density at radius 2 is 2.21 bits per heavy atom. The van der Waals surface area contributed by atoms with Crippen LogP contribution in [0, 0.1) is 5.92 Å². The zero-order valence-corrected chi connectivity index (χ0v) is 12.9. The second-order valence-electron chi connectivity index (χ2n) is 5.85. The molecule has 2 rings (SSSR count). The highest BCUT2D eigenvalue weighted by Crippen LogP contribution is 2.30. The van der Waals surface area contributed by atoms with Gasteiger partial charge in [0, 0.05) is 17.7 Å². The molecule has 2 fully saturated rings. The lowest BCUT2D eigenvalue weighted by Crippen LogP contribution is -2.39. The van der Waals surface area contributed by atoms with E-state index in [1.54, 1.807) is 0 Å². The fourth-order valence-electron chi connectivity index (χ4n) is 3.29. The summed E-state index contributed by atoms with van der Waals surface area (Å²) >= 11 is 2.01. The molecular formula is C15H28N2OS. The monoisotopic (exact) mass is 284 g/mol. The van der Waals surface area contributed by atoms with E-state index in [0.29, 0.717) is 23.6 Å². The van der Waals surface area contributed by atoms with Gasteiger partial charge in [-0.3, -0.25) is 4.79 Å². The lowest BCUT2D eigenvalue weighted by molar-refractivity contribution is -0.122. The van der Waals surface area contributed by atoms with E-state index in [4.69, 9.17) is 0 Å². The highest BCUT2D eigenvalue weighted by atomic mass is 32.2. The number of hydrogen-bond acceptors (Lipinski definition) is 3. The predicted molar refractivity (Wildman–Crippen MR) is 82.5 cm³/mol. The van der Waals surface area contributed by atoms with Crippen molar-refractivity contribution in [2.24, 2.45) is 5.92 Å². The molecule has 3 unspecified atom stereocenters. The first-order valence-electron chi connectivity index (χ1n) is 7.91. The van der Waals surface area contributed by atoms with Crippen molar-refractivity contribution in [2.45, 2.75) is 63.2 Å². The van der Waals surface area contributed by atoms with Crippen LogP contribution in [-0.4, -0.2) is 36.0 Å². The predicted octanol–water partition coefficient (Wildman–Crippen LogP) is 2.56. The van der Waals surface area contributed by atoms with Gasteiger partial charge in [0.15, 0.2) is 0 Å². The Balaban J connectivity index is 1.65. The lowest BCUT2D eigenvalue weighted by Gasteiger charge is -2.23. The number of piperidine rings is 1. The van der Waals surface area contributed by atoms with Crippen molar-refractivity contribution >= 4 is 17.7 Å². The minimum atomic E-state index is 0.277. The van der Waals surface area contributed by atoms with E-state index in [0.717, 1.165) is 25.3 Å². The van der Waals surface area contributed by atoms with Gasteiger partial charge in [-0.05, 0) is 56.9 Å². The van der Waals surface area contributed by atoms with E-state index in [-0.39, 0.29) is 5.91 Å². The largest absolute Gasteiger partial charge is 0.352 e. The smallest absolute Gasteiger partial charge is 0.220 e. The van der Waals surface area contributed by atoms with Crippen molar-refractivity contribution in [2.75, 3.05) is 18.8 Å². The van der Waals surface area contributed by atoms with E-state index in [2.05, 4.69) is 17.6 Å². The van der Waals surface area contributed by atoms with Gasteiger partial charge in [-0.25, -0.2) is 0 Å². The zero-order chi connectivity index (χ0) is 13.5. The van der Waals surface area contributed by atoms with Gasteiger partial charge in [-0.15, -0.1) is 0 Å². The molecule has 1 amide bonds. The fourth-order valence-corrected chi connectivity index (χ4v) is 4.49. The summed E-state index contributed by atoms with van der Waals surface area (Å²) in [5.41, 5.74) is 0. The topological polar surface area (TPSA) is 41.1 Å². The number of nitrogens with one attached hydrogen (secondary N) is 2. The van der Waals surface area contributed by atoms with Crippen molar-refractivity contribution in [3.63, 3.8) is 0 Å². The SMILES string of the molecule is CCSC1CCCC1NC(=O)CCC1CCCNC1. The van der Waals surface area contributed by atoms with E-state index in [1.165, 1.54) is 32.1 Å². The molecular weight excluding hydrogens is 256 g/mol. The maximum absolute atomic E-state index is 12.1. The molecule has 0 aromatic rings. The molecule has 3 atom stereocenters. The Kier molecular flexibility index (Phi) is 6.51. The number of thioether (sulfide) groups is 1. The first kappa shape index (κ1) is 15.2. The van der Waals surface area contributed by atoms with E-state index < -0.39 is 0 Å². The summed E-state index contributed by atoms with van der Waals surface area (Å²) in [4.78, 5) is 12.1. The normalized spacial score (nSPS) is 31.3. The van der Waals surface area contributed by atoms with E-state index in [9.17, 15) is 4.79 Å². The second-order valence-corrected chi connectivity index (χ2v) is 7.37. The molecule has 0 aromatic heterocycles. The second kappa shape index (κ2) is 8.15. The van der Waals surface area contributed by atoms with Crippen LogP contribution in [0.1, 0.15) is 51.9 Å². The summed E-state index contributed by atoms with van der Waals surface area (Å²) < 4.78 is 0. The molecule has 1 saturated heterocycles. The number of hydrogen-bond donors (Lipinski definition) is 2. The summed E-state index contributed by atoms with van der Waals surface area (Å²) in [6, 6.07) is 0.432. The van der Waals surface area contributed by atoms with Gasteiger partial charge in [-0.1, -0.05) is 13.3 Å². The molecule has 1 heterocycles. The summed E-state index contributed by atoms with van der Waals surface area (Å²) in [6.07, 6.45) is 8.05. The molecule has 0 bridgehead atoms. The Hall–Kier alpha value is -0.220. The maximum atomic E-state index is 12.1. The number of carbonyl (C=O) groups excluding carboxylic acids is 1. The van der Waals surface area contributed by atoms with Crippen LogP contribution in [-0.2, 0) is 4.79 Å². The van der Waals surface area contributed by atoms with Crippen molar-refractivity contribution in [1.82, 2.24) is 10.6 Å². The molecule has 1 aliphatic carbocycles. The third kappa shape index (κ3) is 4.99. The third-order valence-electron chi connectivity index (χ3n) is 4.36. The molecule has 0 spiro atoms. The summed E-state index contributed by atoms with van der Waals surface area (Å²) in [7, 11) is 0. The van der Waals surface area contributed by atoms with E-state index >= 15 is 0 Å². The number of carbonyl (C=O) groups is 1. The third-order valence-corrected chi connectivity index (χ3v) is 5.68. The molecule has 4 heteroatoms. The van der Waals surface area contributed by atoms with Crippen LogP contribution in [0.3, 0.4) is 0 Å². The minimum Gasteiger partial charge on any atom is -0.352 e. The Labute approximate surface area is 121 Å². The molecule has 0 aromatic carbocycles.